The minimum absolute atomic E-state index is 0.518. The second-order valence-corrected chi connectivity index (χ2v) is 8.12. The summed E-state index contributed by atoms with van der Waals surface area (Å²) in [6.45, 7) is 6.38. The minimum atomic E-state index is -4.29. The third-order valence-corrected chi connectivity index (χ3v) is 6.01. The molecule has 0 bridgehead atoms. The summed E-state index contributed by atoms with van der Waals surface area (Å²) in [5.41, 5.74) is 1.33. The maximum Gasteiger partial charge on any atom is 0.416 e. The number of halogens is 3. The molecule has 0 spiro atoms. The Morgan fingerprint density at radius 1 is 1.10 bits per heavy atom. The van der Waals surface area contributed by atoms with Crippen molar-refractivity contribution in [2.75, 3.05) is 44.2 Å². The average molecular weight is 407 g/mol. The number of aryl methyl sites for hydroxylation is 1. The van der Waals surface area contributed by atoms with Crippen LogP contribution in [0.4, 0.5) is 18.9 Å². The number of aromatic nitrogens is 2. The first-order chi connectivity index (χ1) is 13.9. The predicted octanol–water partition coefficient (Wildman–Crippen LogP) is 3.23. The number of hydrogen-bond acceptors (Lipinski definition) is 4. The Labute approximate surface area is 169 Å². The Morgan fingerprint density at radius 3 is 2.59 bits per heavy atom. The molecule has 1 aromatic heterocycles. The first kappa shape index (κ1) is 20.2. The van der Waals surface area contributed by atoms with E-state index < -0.39 is 11.7 Å². The molecule has 1 aromatic carbocycles. The van der Waals surface area contributed by atoms with E-state index in [2.05, 4.69) is 26.0 Å². The van der Waals surface area contributed by atoms with Gasteiger partial charge in [0.1, 0.15) is 0 Å². The number of likely N-dealkylation sites (tertiary alicyclic amines) is 1. The van der Waals surface area contributed by atoms with Gasteiger partial charge in [0.05, 0.1) is 11.8 Å². The molecule has 3 heterocycles. The number of piperidine rings is 1. The summed E-state index contributed by atoms with van der Waals surface area (Å²) in [5.74, 6) is 0. The van der Waals surface area contributed by atoms with E-state index in [9.17, 15) is 13.2 Å². The van der Waals surface area contributed by atoms with Gasteiger partial charge >= 0.3 is 6.18 Å². The first-order valence-electron chi connectivity index (χ1n) is 10.2. The van der Waals surface area contributed by atoms with Crippen LogP contribution in [-0.2, 0) is 19.8 Å². The molecule has 0 saturated carbocycles. The van der Waals surface area contributed by atoms with Crippen molar-refractivity contribution in [2.24, 2.45) is 7.05 Å². The number of piperazine rings is 1. The zero-order valence-electron chi connectivity index (χ0n) is 16.8. The maximum absolute atomic E-state index is 13.0. The summed E-state index contributed by atoms with van der Waals surface area (Å²) in [4.78, 5) is 7.08. The van der Waals surface area contributed by atoms with E-state index in [0.29, 0.717) is 11.7 Å². The molecule has 158 valence electrons. The van der Waals surface area contributed by atoms with Crippen LogP contribution in [-0.4, -0.2) is 64.9 Å². The van der Waals surface area contributed by atoms with E-state index in [1.807, 2.05) is 17.9 Å². The number of rotatable bonds is 4. The molecule has 0 N–H and O–H groups in total. The van der Waals surface area contributed by atoms with Crippen LogP contribution in [0.1, 0.15) is 24.0 Å². The van der Waals surface area contributed by atoms with Crippen LogP contribution in [0.25, 0.3) is 0 Å². The molecule has 0 radical (unpaired) electrons. The smallest absolute Gasteiger partial charge is 0.369 e. The van der Waals surface area contributed by atoms with Gasteiger partial charge in [0.15, 0.2) is 0 Å². The van der Waals surface area contributed by atoms with Gasteiger partial charge in [-0.3, -0.25) is 14.5 Å². The third kappa shape index (κ3) is 4.93. The van der Waals surface area contributed by atoms with Gasteiger partial charge in [-0.15, -0.1) is 0 Å². The Morgan fingerprint density at radius 2 is 1.90 bits per heavy atom. The molecule has 2 aliphatic rings. The number of alkyl halides is 3. The highest BCUT2D eigenvalue weighted by Crippen LogP contribution is 2.32. The van der Waals surface area contributed by atoms with Crippen LogP contribution in [0, 0.1) is 0 Å². The van der Waals surface area contributed by atoms with Crippen molar-refractivity contribution in [3.8, 4) is 0 Å². The van der Waals surface area contributed by atoms with E-state index in [1.54, 1.807) is 6.07 Å². The zero-order valence-corrected chi connectivity index (χ0v) is 16.8. The Balaban J connectivity index is 1.32. The van der Waals surface area contributed by atoms with Crippen LogP contribution < -0.4 is 4.90 Å². The van der Waals surface area contributed by atoms with E-state index in [-0.39, 0.29) is 0 Å². The highest BCUT2D eigenvalue weighted by molar-refractivity contribution is 5.49. The molecule has 2 aromatic rings. The summed E-state index contributed by atoms with van der Waals surface area (Å²) >= 11 is 0. The molecule has 0 aliphatic carbocycles. The second kappa shape index (κ2) is 8.36. The molecule has 2 fully saturated rings. The van der Waals surface area contributed by atoms with Gasteiger partial charge in [-0.1, -0.05) is 6.07 Å². The molecule has 8 heteroatoms. The van der Waals surface area contributed by atoms with E-state index in [1.165, 1.54) is 30.5 Å². The van der Waals surface area contributed by atoms with Crippen molar-refractivity contribution >= 4 is 5.69 Å². The highest BCUT2D eigenvalue weighted by Gasteiger charge is 2.32. The first-order valence-corrected chi connectivity index (χ1v) is 10.2. The van der Waals surface area contributed by atoms with Gasteiger partial charge in [0, 0.05) is 69.8 Å². The molecule has 2 aliphatic heterocycles. The fourth-order valence-corrected chi connectivity index (χ4v) is 4.51. The van der Waals surface area contributed by atoms with E-state index in [4.69, 9.17) is 0 Å². The highest BCUT2D eigenvalue weighted by atomic mass is 19.4. The Bertz CT molecular complexity index is 811. The van der Waals surface area contributed by atoms with Gasteiger partial charge in [-0.25, -0.2) is 0 Å². The standard InChI is InChI=1S/C21H28F3N5/c1-26-14-17(13-25-26)15-27-7-3-6-20(16-27)29-10-8-28(9-11-29)19-5-2-4-18(12-19)21(22,23)24/h2,4-5,12-14,20H,3,6-11,15-16H2,1H3/t20-/m0/s1. The van der Waals surface area contributed by atoms with Gasteiger partial charge in [-0.05, 0) is 37.6 Å². The van der Waals surface area contributed by atoms with Gasteiger partial charge < -0.3 is 4.90 Å². The number of benzene rings is 1. The molecule has 1 atom stereocenters. The zero-order chi connectivity index (χ0) is 20.4. The SMILES string of the molecule is Cn1cc(CN2CCC[C@H](N3CCN(c4cccc(C(F)(F)F)c4)CC3)C2)cn1. The molecule has 0 amide bonds. The number of hydrogen-bond donors (Lipinski definition) is 0. The summed E-state index contributed by atoms with van der Waals surface area (Å²) in [5, 5.41) is 4.25. The second-order valence-electron chi connectivity index (χ2n) is 8.12. The lowest BCUT2D eigenvalue weighted by Crippen LogP contribution is -2.55. The van der Waals surface area contributed by atoms with Crippen LogP contribution >= 0.6 is 0 Å². The summed E-state index contributed by atoms with van der Waals surface area (Å²) < 4.78 is 40.8. The number of nitrogens with zero attached hydrogens (tertiary/aromatic N) is 5. The summed E-state index contributed by atoms with van der Waals surface area (Å²) in [6, 6.07) is 6.21. The fourth-order valence-electron chi connectivity index (χ4n) is 4.51. The quantitative estimate of drug-likeness (QED) is 0.778. The lowest BCUT2D eigenvalue weighted by Gasteiger charge is -2.44. The monoisotopic (exact) mass is 407 g/mol. The van der Waals surface area contributed by atoms with Crippen molar-refractivity contribution in [2.45, 2.75) is 31.6 Å². The molecular formula is C21H28F3N5. The molecular weight excluding hydrogens is 379 g/mol. The Hall–Kier alpha value is -2.06. The van der Waals surface area contributed by atoms with E-state index >= 15 is 0 Å². The molecule has 2 saturated heterocycles. The van der Waals surface area contributed by atoms with Gasteiger partial charge in [0.2, 0.25) is 0 Å². The lowest BCUT2D eigenvalue weighted by molar-refractivity contribution is -0.137. The van der Waals surface area contributed by atoms with Crippen molar-refractivity contribution < 1.29 is 13.2 Å². The van der Waals surface area contributed by atoms with Crippen LogP contribution in [0.3, 0.4) is 0 Å². The molecule has 5 nitrogen and oxygen atoms in total. The predicted molar refractivity (Wildman–Crippen MR) is 107 cm³/mol. The third-order valence-electron chi connectivity index (χ3n) is 6.01. The molecule has 29 heavy (non-hydrogen) atoms. The van der Waals surface area contributed by atoms with Crippen LogP contribution in [0.5, 0.6) is 0 Å². The van der Waals surface area contributed by atoms with Crippen LogP contribution in [0.2, 0.25) is 0 Å². The molecule has 4 rings (SSSR count). The average Bonchev–Trinajstić information content (AvgIpc) is 3.12. The van der Waals surface area contributed by atoms with Gasteiger partial charge in [0.25, 0.3) is 0 Å². The number of anilines is 1. The minimum Gasteiger partial charge on any atom is -0.369 e. The molecule has 0 unspecified atom stereocenters. The summed E-state index contributed by atoms with van der Waals surface area (Å²) in [7, 11) is 1.94. The fraction of sp³-hybridized carbons (Fsp3) is 0.571. The topological polar surface area (TPSA) is 27.5 Å². The van der Waals surface area contributed by atoms with E-state index in [0.717, 1.165) is 51.9 Å². The maximum atomic E-state index is 13.0. The summed E-state index contributed by atoms with van der Waals surface area (Å²) in [6.07, 6.45) is 2.07. The van der Waals surface area contributed by atoms with Crippen molar-refractivity contribution in [3.05, 3.63) is 47.8 Å². The van der Waals surface area contributed by atoms with Crippen molar-refractivity contribution in [3.63, 3.8) is 0 Å². The normalized spacial score (nSPS) is 22.2. The van der Waals surface area contributed by atoms with Crippen LogP contribution in [0.15, 0.2) is 36.7 Å². The van der Waals surface area contributed by atoms with Crippen molar-refractivity contribution in [1.82, 2.24) is 19.6 Å². The lowest BCUT2D eigenvalue weighted by atomic mass is 10.0. The Kier molecular flexibility index (Phi) is 5.83. The van der Waals surface area contributed by atoms with Crippen molar-refractivity contribution in [1.29, 1.82) is 0 Å². The van der Waals surface area contributed by atoms with Gasteiger partial charge in [-0.2, -0.15) is 18.3 Å². The largest absolute Gasteiger partial charge is 0.416 e.